The van der Waals surface area contributed by atoms with Crippen LogP contribution in [0.3, 0.4) is 0 Å². The molecule has 1 heterocycles. The molecule has 0 bridgehead atoms. The van der Waals surface area contributed by atoms with E-state index in [2.05, 4.69) is 11.9 Å². The zero-order valence-corrected chi connectivity index (χ0v) is 5.90. The van der Waals surface area contributed by atoms with Gasteiger partial charge in [-0.25, -0.2) is 4.98 Å². The average molecular weight is 141 g/mol. The maximum Gasteiger partial charge on any atom is 0.0794 e. The first-order valence-electron chi connectivity index (χ1n) is 2.76. The second-order valence-corrected chi connectivity index (χ2v) is 2.56. The summed E-state index contributed by atoms with van der Waals surface area (Å²) in [5, 5.41) is 1.98. The van der Waals surface area contributed by atoms with Crippen LogP contribution in [-0.4, -0.2) is 11.5 Å². The van der Waals surface area contributed by atoms with Gasteiger partial charge in [-0.2, -0.15) is 0 Å². The van der Waals surface area contributed by atoms with Crippen LogP contribution >= 0.6 is 11.3 Å². The molecule has 2 nitrogen and oxygen atoms in total. The fourth-order valence-corrected chi connectivity index (χ4v) is 1.18. The smallest absolute Gasteiger partial charge is 0.0794 e. The molecule has 1 aromatic rings. The summed E-state index contributed by atoms with van der Waals surface area (Å²) in [6, 6.07) is 0. The lowest BCUT2D eigenvalue weighted by atomic mass is 10.1. The highest BCUT2D eigenvalue weighted by atomic mass is 32.1. The van der Waals surface area contributed by atoms with Gasteiger partial charge in [-0.3, -0.25) is 0 Å². The van der Waals surface area contributed by atoms with Crippen LogP contribution in [0.4, 0.5) is 0 Å². The van der Waals surface area contributed by atoms with E-state index in [4.69, 9.17) is 5.73 Å². The summed E-state index contributed by atoms with van der Waals surface area (Å²) in [4.78, 5) is 4.06. The van der Waals surface area contributed by atoms with Crippen molar-refractivity contribution in [2.24, 2.45) is 5.73 Å². The van der Waals surface area contributed by atoms with Crippen molar-refractivity contribution in [2.75, 3.05) is 6.54 Å². The average Bonchev–Trinajstić information content (AvgIpc) is 2.37. The zero-order valence-electron chi connectivity index (χ0n) is 5.08. The van der Waals surface area contributed by atoms with Crippen LogP contribution in [0.25, 0.3) is 0 Å². The lowest BCUT2D eigenvalue weighted by molar-refractivity contribution is 0.819. The largest absolute Gasteiger partial charge is 0.330 e. The summed E-state index contributed by atoms with van der Waals surface area (Å²) in [5.74, 6) is 0.163. The zero-order chi connectivity index (χ0) is 6.69. The van der Waals surface area contributed by atoms with Crippen LogP contribution in [-0.2, 0) is 0 Å². The minimum absolute atomic E-state index is 0.163. The van der Waals surface area contributed by atoms with Crippen molar-refractivity contribution in [3.05, 3.63) is 23.5 Å². The Hall–Kier alpha value is -0.410. The molecule has 0 spiro atoms. The summed E-state index contributed by atoms with van der Waals surface area (Å²) >= 11 is 1.58. The van der Waals surface area contributed by atoms with E-state index in [1.165, 1.54) is 0 Å². The Morgan fingerprint density at radius 2 is 2.67 bits per heavy atom. The van der Waals surface area contributed by atoms with Gasteiger partial charge in [-0.1, -0.05) is 0 Å². The van der Waals surface area contributed by atoms with Crippen molar-refractivity contribution in [3.63, 3.8) is 0 Å². The van der Waals surface area contributed by atoms with Crippen molar-refractivity contribution >= 4 is 11.3 Å². The first kappa shape index (κ1) is 6.71. The number of aromatic nitrogens is 1. The molecule has 49 valence electrons. The fraction of sp³-hybridized carbons (Fsp3) is 0.333. The third kappa shape index (κ3) is 1.50. The van der Waals surface area contributed by atoms with Crippen molar-refractivity contribution in [1.82, 2.24) is 4.98 Å². The maximum absolute atomic E-state index is 5.37. The molecule has 0 aliphatic carbocycles. The molecule has 0 amide bonds. The van der Waals surface area contributed by atoms with Gasteiger partial charge in [0.25, 0.3) is 0 Å². The SMILES string of the molecule is [CH2]C(CN)c1cscn1. The Morgan fingerprint density at radius 3 is 3.11 bits per heavy atom. The summed E-state index contributed by atoms with van der Waals surface area (Å²) in [6.07, 6.45) is 0. The minimum atomic E-state index is 0.163. The van der Waals surface area contributed by atoms with E-state index in [1.807, 2.05) is 5.38 Å². The molecule has 0 saturated carbocycles. The molecule has 2 N–H and O–H groups in total. The van der Waals surface area contributed by atoms with Gasteiger partial charge >= 0.3 is 0 Å². The van der Waals surface area contributed by atoms with E-state index < -0.39 is 0 Å². The second kappa shape index (κ2) is 2.94. The van der Waals surface area contributed by atoms with Crippen LogP contribution in [0.2, 0.25) is 0 Å². The molecule has 0 aliphatic heterocycles. The fourth-order valence-electron chi connectivity index (χ4n) is 0.544. The van der Waals surface area contributed by atoms with Crippen molar-refractivity contribution in [3.8, 4) is 0 Å². The quantitative estimate of drug-likeness (QED) is 0.667. The van der Waals surface area contributed by atoms with Crippen molar-refractivity contribution < 1.29 is 0 Å². The van der Waals surface area contributed by atoms with E-state index >= 15 is 0 Å². The van der Waals surface area contributed by atoms with Gasteiger partial charge in [-0.15, -0.1) is 11.3 Å². The standard InChI is InChI=1S/C6H9N2S/c1-5(2-7)6-3-9-4-8-6/h3-5H,1-2,7H2. The van der Waals surface area contributed by atoms with E-state index in [1.54, 1.807) is 16.8 Å². The van der Waals surface area contributed by atoms with E-state index in [0.717, 1.165) is 5.69 Å². The molecule has 0 aliphatic rings. The summed E-state index contributed by atoms with van der Waals surface area (Å²) in [7, 11) is 0. The van der Waals surface area contributed by atoms with Crippen molar-refractivity contribution in [1.29, 1.82) is 0 Å². The number of nitrogens with zero attached hydrogens (tertiary/aromatic N) is 1. The third-order valence-electron chi connectivity index (χ3n) is 1.15. The highest BCUT2D eigenvalue weighted by Crippen LogP contribution is 2.11. The van der Waals surface area contributed by atoms with Gasteiger partial charge in [0.2, 0.25) is 0 Å². The van der Waals surface area contributed by atoms with Crippen LogP contribution in [0.15, 0.2) is 10.9 Å². The molecule has 1 aromatic heterocycles. The molecule has 0 fully saturated rings. The van der Waals surface area contributed by atoms with Gasteiger partial charge in [0.05, 0.1) is 11.2 Å². The lowest BCUT2D eigenvalue weighted by Crippen LogP contribution is -2.08. The molecule has 0 aromatic carbocycles. The van der Waals surface area contributed by atoms with Crippen LogP contribution in [0.5, 0.6) is 0 Å². The molecule has 3 heteroatoms. The number of hydrogen-bond donors (Lipinski definition) is 1. The lowest BCUT2D eigenvalue weighted by Gasteiger charge is -2.00. The second-order valence-electron chi connectivity index (χ2n) is 1.85. The summed E-state index contributed by atoms with van der Waals surface area (Å²) in [6.45, 7) is 4.39. The predicted octanol–water partition coefficient (Wildman–Crippen LogP) is 1.02. The summed E-state index contributed by atoms with van der Waals surface area (Å²) < 4.78 is 0. The number of thiazole rings is 1. The normalized spacial score (nSPS) is 13.6. The Kier molecular flexibility index (Phi) is 2.19. The molecule has 1 rings (SSSR count). The third-order valence-corrected chi connectivity index (χ3v) is 1.76. The molecule has 0 saturated heterocycles. The van der Waals surface area contributed by atoms with Crippen molar-refractivity contribution in [2.45, 2.75) is 5.92 Å². The minimum Gasteiger partial charge on any atom is -0.330 e. The maximum atomic E-state index is 5.37. The molecule has 1 atom stereocenters. The van der Waals surface area contributed by atoms with Crippen LogP contribution < -0.4 is 5.73 Å². The number of hydrogen-bond acceptors (Lipinski definition) is 3. The first-order valence-corrected chi connectivity index (χ1v) is 3.70. The Bertz CT molecular complexity index is 160. The molecule has 1 radical (unpaired) electrons. The van der Waals surface area contributed by atoms with Gasteiger partial charge in [0.15, 0.2) is 0 Å². The van der Waals surface area contributed by atoms with E-state index in [-0.39, 0.29) is 5.92 Å². The molecule has 1 unspecified atom stereocenters. The molecule has 9 heavy (non-hydrogen) atoms. The highest BCUT2D eigenvalue weighted by molar-refractivity contribution is 7.07. The molecular formula is C6H9N2S. The Labute approximate surface area is 58.7 Å². The predicted molar refractivity (Wildman–Crippen MR) is 39.3 cm³/mol. The number of rotatable bonds is 2. The molecular weight excluding hydrogens is 132 g/mol. The Morgan fingerprint density at radius 1 is 1.89 bits per heavy atom. The topological polar surface area (TPSA) is 38.9 Å². The van der Waals surface area contributed by atoms with Crippen LogP contribution in [0.1, 0.15) is 11.6 Å². The van der Waals surface area contributed by atoms with Crippen LogP contribution in [0, 0.1) is 6.92 Å². The van der Waals surface area contributed by atoms with Gasteiger partial charge < -0.3 is 5.73 Å². The highest BCUT2D eigenvalue weighted by Gasteiger charge is 2.02. The van der Waals surface area contributed by atoms with Gasteiger partial charge in [-0.05, 0) is 6.92 Å². The first-order chi connectivity index (χ1) is 4.34. The number of nitrogens with two attached hydrogens (primary N) is 1. The Balaban J connectivity index is 2.65. The van der Waals surface area contributed by atoms with E-state index in [0.29, 0.717) is 6.54 Å². The van der Waals surface area contributed by atoms with Gasteiger partial charge in [0.1, 0.15) is 0 Å². The monoisotopic (exact) mass is 141 g/mol. The van der Waals surface area contributed by atoms with Gasteiger partial charge in [0, 0.05) is 17.8 Å². The summed E-state index contributed by atoms with van der Waals surface area (Å²) in [5.41, 5.74) is 8.16. The van der Waals surface area contributed by atoms with E-state index in [9.17, 15) is 0 Å².